The molecule has 2 aromatic rings. The van der Waals surface area contributed by atoms with Crippen LogP contribution in [0.4, 0.5) is 32.2 Å². The monoisotopic (exact) mass is 402 g/mol. The Hall–Kier alpha value is -3.67. The molecule has 1 aromatic heterocycles. The fourth-order valence-corrected chi connectivity index (χ4v) is 2.32. The van der Waals surface area contributed by atoms with Crippen LogP contribution in [0.15, 0.2) is 23.0 Å². The Morgan fingerprint density at radius 3 is 2.18 bits per heavy atom. The number of rotatable bonds is 3. The van der Waals surface area contributed by atoms with E-state index >= 15 is 0 Å². The van der Waals surface area contributed by atoms with Crippen LogP contribution in [0.25, 0.3) is 11.1 Å². The van der Waals surface area contributed by atoms with Crippen molar-refractivity contribution in [3.8, 4) is 29.0 Å². The van der Waals surface area contributed by atoms with Crippen molar-refractivity contribution in [1.82, 2.24) is 4.98 Å². The number of nitrogens with zero attached hydrogens (tertiary/aromatic N) is 2. The third-order valence-electron chi connectivity index (χ3n) is 3.44. The van der Waals surface area contributed by atoms with Crippen molar-refractivity contribution in [3.63, 3.8) is 0 Å². The van der Waals surface area contributed by atoms with Gasteiger partial charge in [-0.2, -0.15) is 36.9 Å². The van der Waals surface area contributed by atoms with Crippen LogP contribution in [0.3, 0.4) is 0 Å². The number of halogens is 6. The van der Waals surface area contributed by atoms with Crippen molar-refractivity contribution >= 4 is 5.82 Å². The van der Waals surface area contributed by atoms with Gasteiger partial charge < -0.3 is 15.5 Å². The predicted octanol–water partition coefficient (Wildman–Crippen LogP) is 3.33. The van der Waals surface area contributed by atoms with E-state index in [-0.39, 0.29) is 5.56 Å². The van der Waals surface area contributed by atoms with Gasteiger partial charge in [-0.3, -0.25) is 4.79 Å². The van der Waals surface area contributed by atoms with E-state index in [0.717, 1.165) is 6.07 Å². The molecule has 1 aromatic carbocycles. The Labute approximate surface area is 152 Å². The molecule has 0 aliphatic rings. The lowest BCUT2D eigenvalue weighted by atomic mass is 9.95. The van der Waals surface area contributed by atoms with Crippen LogP contribution in [0.2, 0.25) is 0 Å². The number of benzene rings is 1. The van der Waals surface area contributed by atoms with E-state index in [4.69, 9.17) is 11.0 Å². The first-order valence-corrected chi connectivity index (χ1v) is 7.16. The van der Waals surface area contributed by atoms with Crippen LogP contribution in [-0.4, -0.2) is 17.8 Å². The molecule has 3 N–H and O–H groups in total. The Kier molecular flexibility index (Phi) is 5.27. The topological polar surface area (TPSA) is 116 Å². The lowest BCUT2D eigenvalue weighted by Gasteiger charge is -2.17. The largest absolute Gasteiger partial charge is 0.483 e. The van der Waals surface area contributed by atoms with Gasteiger partial charge in [0.1, 0.15) is 34.8 Å². The van der Waals surface area contributed by atoms with Crippen LogP contribution in [0.5, 0.6) is 5.75 Å². The molecule has 146 valence electrons. The third-order valence-corrected chi connectivity index (χ3v) is 3.44. The number of nitrogens with two attached hydrogens (primary N) is 1. The number of aromatic nitrogens is 1. The van der Waals surface area contributed by atoms with E-state index in [1.54, 1.807) is 6.07 Å². The second kappa shape index (κ2) is 7.15. The van der Waals surface area contributed by atoms with Gasteiger partial charge in [0.25, 0.3) is 5.56 Å². The number of nitriles is 2. The summed E-state index contributed by atoms with van der Waals surface area (Å²) >= 11 is 0. The molecule has 0 fully saturated rings. The summed E-state index contributed by atoms with van der Waals surface area (Å²) in [5.74, 6) is -1.65. The Morgan fingerprint density at radius 1 is 1.07 bits per heavy atom. The highest BCUT2D eigenvalue weighted by Gasteiger charge is 2.36. The maximum atomic E-state index is 13.1. The lowest BCUT2D eigenvalue weighted by Crippen LogP contribution is -2.21. The van der Waals surface area contributed by atoms with E-state index in [1.807, 2.05) is 4.98 Å². The van der Waals surface area contributed by atoms with E-state index in [0.29, 0.717) is 12.1 Å². The SMILES string of the molecule is N#Cc1c(N)[nH]c(=O)c(C#N)c1-c1ccc(C(F)(F)F)c(OCC(F)(F)F)c1. The molecule has 0 radical (unpaired) electrons. The Bertz CT molecular complexity index is 1060. The van der Waals surface area contributed by atoms with Crippen molar-refractivity contribution in [2.45, 2.75) is 12.4 Å². The van der Waals surface area contributed by atoms with Gasteiger partial charge in [-0.25, -0.2) is 0 Å². The molecule has 0 aliphatic heterocycles. The molecule has 0 bridgehead atoms. The summed E-state index contributed by atoms with van der Waals surface area (Å²) in [4.78, 5) is 13.9. The van der Waals surface area contributed by atoms with Gasteiger partial charge in [0.2, 0.25) is 0 Å². The number of hydrogen-bond donors (Lipinski definition) is 2. The highest BCUT2D eigenvalue weighted by Crippen LogP contribution is 2.40. The normalized spacial score (nSPS) is 11.6. The van der Waals surface area contributed by atoms with Gasteiger partial charge >= 0.3 is 12.4 Å². The minimum absolute atomic E-state index is 0.323. The van der Waals surface area contributed by atoms with Crippen molar-refractivity contribution in [2.75, 3.05) is 12.3 Å². The average Bonchev–Trinajstić information content (AvgIpc) is 2.57. The second-order valence-corrected chi connectivity index (χ2v) is 5.33. The van der Waals surface area contributed by atoms with Gasteiger partial charge in [0.15, 0.2) is 6.61 Å². The van der Waals surface area contributed by atoms with Crippen molar-refractivity contribution in [3.05, 3.63) is 45.2 Å². The first kappa shape index (κ1) is 20.6. The summed E-state index contributed by atoms with van der Waals surface area (Å²) in [6.45, 7) is -2.01. The summed E-state index contributed by atoms with van der Waals surface area (Å²) in [5, 5.41) is 18.4. The number of anilines is 1. The summed E-state index contributed by atoms with van der Waals surface area (Å²) < 4.78 is 80.7. The van der Waals surface area contributed by atoms with Gasteiger partial charge in [0, 0.05) is 5.56 Å². The number of nitrogen functional groups attached to an aromatic ring is 1. The van der Waals surface area contributed by atoms with Crippen molar-refractivity contribution in [1.29, 1.82) is 10.5 Å². The zero-order valence-corrected chi connectivity index (χ0v) is 13.5. The van der Waals surface area contributed by atoms with E-state index in [1.165, 1.54) is 6.07 Å². The zero-order valence-electron chi connectivity index (χ0n) is 13.5. The second-order valence-electron chi connectivity index (χ2n) is 5.33. The highest BCUT2D eigenvalue weighted by molar-refractivity contribution is 5.81. The van der Waals surface area contributed by atoms with Crippen LogP contribution >= 0.6 is 0 Å². The van der Waals surface area contributed by atoms with Crippen molar-refractivity contribution in [2.24, 2.45) is 0 Å². The van der Waals surface area contributed by atoms with E-state index in [2.05, 4.69) is 4.74 Å². The summed E-state index contributed by atoms with van der Waals surface area (Å²) in [7, 11) is 0. The minimum Gasteiger partial charge on any atom is -0.483 e. The molecule has 1 heterocycles. The van der Waals surface area contributed by atoms with E-state index < -0.39 is 58.3 Å². The van der Waals surface area contributed by atoms with Crippen LogP contribution in [-0.2, 0) is 6.18 Å². The number of nitrogens with one attached hydrogen (secondary N) is 1. The number of aromatic amines is 1. The number of H-pyrrole nitrogens is 1. The highest BCUT2D eigenvalue weighted by atomic mass is 19.4. The Balaban J connectivity index is 2.78. The summed E-state index contributed by atoms with van der Waals surface area (Å²) in [6.07, 6.45) is -9.95. The maximum Gasteiger partial charge on any atom is 0.422 e. The fraction of sp³-hybridized carbons (Fsp3) is 0.188. The van der Waals surface area contributed by atoms with Gasteiger partial charge in [0.05, 0.1) is 5.56 Å². The minimum atomic E-state index is -5.04. The number of pyridine rings is 1. The molecule has 12 heteroatoms. The average molecular weight is 402 g/mol. The molecule has 0 aliphatic carbocycles. The maximum absolute atomic E-state index is 13.1. The van der Waals surface area contributed by atoms with Crippen LogP contribution in [0.1, 0.15) is 16.7 Å². The Morgan fingerprint density at radius 2 is 1.68 bits per heavy atom. The van der Waals surface area contributed by atoms with Crippen LogP contribution < -0.4 is 16.0 Å². The molecule has 28 heavy (non-hydrogen) atoms. The van der Waals surface area contributed by atoms with Crippen molar-refractivity contribution < 1.29 is 31.1 Å². The number of ether oxygens (including phenoxy) is 1. The molecular formula is C16H8F6N4O2. The summed E-state index contributed by atoms with van der Waals surface area (Å²) in [6, 6.07) is 4.86. The van der Waals surface area contributed by atoms with Gasteiger partial charge in [-0.15, -0.1) is 0 Å². The quantitative estimate of drug-likeness (QED) is 0.764. The number of alkyl halides is 6. The smallest absolute Gasteiger partial charge is 0.422 e. The van der Waals surface area contributed by atoms with E-state index in [9.17, 15) is 36.4 Å². The first-order chi connectivity index (χ1) is 12.9. The lowest BCUT2D eigenvalue weighted by molar-refractivity contribution is -0.158. The fourth-order valence-electron chi connectivity index (χ4n) is 2.32. The molecule has 0 unspecified atom stereocenters. The molecule has 0 saturated heterocycles. The predicted molar refractivity (Wildman–Crippen MR) is 82.9 cm³/mol. The zero-order chi connectivity index (χ0) is 21.3. The number of hydrogen-bond acceptors (Lipinski definition) is 5. The molecule has 6 nitrogen and oxygen atoms in total. The molecule has 0 atom stereocenters. The van der Waals surface area contributed by atoms with Gasteiger partial charge in [-0.05, 0) is 17.7 Å². The third kappa shape index (κ3) is 4.17. The molecular weight excluding hydrogens is 394 g/mol. The molecule has 2 rings (SSSR count). The van der Waals surface area contributed by atoms with Gasteiger partial charge in [-0.1, -0.05) is 6.07 Å². The summed E-state index contributed by atoms with van der Waals surface area (Å²) in [5.41, 5.74) is 1.15. The first-order valence-electron chi connectivity index (χ1n) is 7.16. The molecule has 0 saturated carbocycles. The standard InChI is InChI=1S/C16H8F6N4O2/c17-15(18,19)6-28-11-3-7(1-2-10(11)16(20,21)22)12-8(4-23)13(25)26-14(27)9(12)5-24/h1-3H,6H2,(H3,25,26,27). The van der Waals surface area contributed by atoms with Crippen LogP contribution in [0, 0.1) is 22.7 Å². The molecule has 0 spiro atoms. The molecule has 0 amide bonds.